The van der Waals surface area contributed by atoms with Crippen LogP contribution in [0.15, 0.2) is 0 Å². The Morgan fingerprint density at radius 2 is 1.16 bits per heavy atom. The van der Waals surface area contributed by atoms with Crippen molar-refractivity contribution in [2.75, 3.05) is 6.61 Å². The molecule has 2 fully saturated rings. The lowest BCUT2D eigenvalue weighted by Gasteiger charge is -2.45. The minimum Gasteiger partial charge on any atom is -0.463 e. The average Bonchev–Trinajstić information content (AvgIpc) is 2.99. The second-order valence-electron chi connectivity index (χ2n) is 12.2. The normalized spacial score (nSPS) is 32.4. The van der Waals surface area contributed by atoms with Gasteiger partial charge in [-0.3, -0.25) is 9.59 Å². The van der Waals surface area contributed by atoms with Gasteiger partial charge in [0.2, 0.25) is 0 Å². The largest absolute Gasteiger partial charge is 0.463 e. The number of carbonyl (C=O) groups is 2. The molecule has 12 heteroatoms. The van der Waals surface area contributed by atoms with Gasteiger partial charge in [-0.2, -0.15) is 0 Å². The van der Waals surface area contributed by atoms with E-state index in [1.54, 1.807) is 6.92 Å². The van der Waals surface area contributed by atoms with E-state index in [9.17, 15) is 35.1 Å². The number of aliphatic hydroxyl groups excluding tert-OH is 5. The van der Waals surface area contributed by atoms with Crippen molar-refractivity contribution in [2.45, 2.75) is 185 Å². The third-order valence-electron chi connectivity index (χ3n) is 8.35. The fourth-order valence-electron chi connectivity index (χ4n) is 5.59. The average molecular weight is 635 g/mol. The molecule has 0 amide bonds. The van der Waals surface area contributed by atoms with Gasteiger partial charge in [-0.1, -0.05) is 90.9 Å². The Kier molecular flexibility index (Phi) is 18.9. The van der Waals surface area contributed by atoms with Crippen molar-refractivity contribution in [3.8, 4) is 0 Å². The summed E-state index contributed by atoms with van der Waals surface area (Å²) in [5, 5.41) is 52.7. The van der Waals surface area contributed by atoms with E-state index in [0.717, 1.165) is 19.3 Å². The summed E-state index contributed by atoms with van der Waals surface area (Å²) in [6.45, 7) is 5.17. The lowest BCUT2D eigenvalue weighted by molar-refractivity contribution is -0.359. The Labute approximate surface area is 262 Å². The van der Waals surface area contributed by atoms with Crippen molar-refractivity contribution in [1.29, 1.82) is 0 Å². The molecule has 0 aliphatic carbocycles. The Morgan fingerprint density at radius 3 is 1.73 bits per heavy atom. The van der Waals surface area contributed by atoms with Crippen LogP contribution in [0, 0.1) is 0 Å². The minimum atomic E-state index is -1.76. The van der Waals surface area contributed by atoms with Crippen LogP contribution >= 0.6 is 0 Å². The maximum atomic E-state index is 12.2. The van der Waals surface area contributed by atoms with Gasteiger partial charge in [0.15, 0.2) is 18.7 Å². The summed E-state index contributed by atoms with van der Waals surface area (Å²) in [4.78, 5) is 24.1. The van der Waals surface area contributed by atoms with Crippen molar-refractivity contribution in [1.82, 2.24) is 0 Å². The van der Waals surface area contributed by atoms with Crippen LogP contribution in [0.25, 0.3) is 0 Å². The van der Waals surface area contributed by atoms with Crippen molar-refractivity contribution < 1.29 is 58.8 Å². The van der Waals surface area contributed by atoms with Crippen LogP contribution in [0.2, 0.25) is 0 Å². The number of unbranched alkanes of at least 4 members (excludes halogenated alkanes) is 12. The van der Waals surface area contributed by atoms with Gasteiger partial charge in [-0.15, -0.1) is 0 Å². The summed E-state index contributed by atoms with van der Waals surface area (Å²) < 4.78 is 26.9. The highest BCUT2D eigenvalue weighted by molar-refractivity contribution is 5.69. The lowest BCUT2D eigenvalue weighted by atomic mass is 9.97. The highest BCUT2D eigenvalue weighted by Gasteiger charge is 2.51. The first kappa shape index (κ1) is 38.8. The van der Waals surface area contributed by atoms with Crippen molar-refractivity contribution >= 4 is 11.9 Å². The van der Waals surface area contributed by atoms with Crippen molar-refractivity contribution in [3.63, 3.8) is 0 Å². The Hall–Kier alpha value is -1.38. The molecule has 0 spiro atoms. The van der Waals surface area contributed by atoms with E-state index in [1.807, 2.05) is 0 Å². The first-order valence-corrected chi connectivity index (χ1v) is 16.8. The summed E-state index contributed by atoms with van der Waals surface area (Å²) >= 11 is 0. The molecule has 2 aliphatic heterocycles. The predicted molar refractivity (Wildman–Crippen MR) is 160 cm³/mol. The fraction of sp³-hybridized carbons (Fsp3) is 0.938. The smallest absolute Gasteiger partial charge is 0.306 e. The zero-order valence-corrected chi connectivity index (χ0v) is 26.9. The number of hydrogen-bond acceptors (Lipinski definition) is 12. The zero-order chi connectivity index (χ0) is 32.5. The molecule has 0 aromatic carbocycles. The van der Waals surface area contributed by atoms with Gasteiger partial charge in [0.1, 0.15) is 43.2 Å². The molecule has 0 bridgehead atoms. The van der Waals surface area contributed by atoms with Gasteiger partial charge < -0.3 is 49.2 Å². The molecule has 0 aromatic heterocycles. The van der Waals surface area contributed by atoms with Gasteiger partial charge in [-0.05, 0) is 19.8 Å². The van der Waals surface area contributed by atoms with Crippen molar-refractivity contribution in [2.24, 2.45) is 0 Å². The van der Waals surface area contributed by atoms with E-state index < -0.39 is 73.4 Å². The summed E-state index contributed by atoms with van der Waals surface area (Å²) in [5.74, 6) is -1.01. The van der Waals surface area contributed by atoms with Crippen LogP contribution in [0.3, 0.4) is 0 Å². The van der Waals surface area contributed by atoms with E-state index in [2.05, 4.69) is 6.92 Å². The standard InChI is InChI=1S/C32H58O12/c1-4-6-7-8-9-10-11-12-13-14-15-16-17-19-23(33)40-20-22-25(35)26(36)30(31(39)42-22)44-32-28(38)27(37)29(21(3)41-32)43-24(34)18-5-2/h21-22,25-32,35-39H,4-20H2,1-3H3/t21?,22?,25?,26?,27?,28?,29?,30-,31?,32+/m1/s1. The van der Waals surface area contributed by atoms with Crippen LogP contribution in [0.1, 0.15) is 124 Å². The Bertz CT molecular complexity index is 797. The van der Waals surface area contributed by atoms with Crippen LogP contribution < -0.4 is 0 Å². The fourth-order valence-corrected chi connectivity index (χ4v) is 5.59. The molecule has 2 rings (SSSR count). The van der Waals surface area contributed by atoms with E-state index >= 15 is 0 Å². The molecular weight excluding hydrogens is 576 g/mol. The van der Waals surface area contributed by atoms with Gasteiger partial charge >= 0.3 is 11.9 Å². The first-order chi connectivity index (χ1) is 21.1. The lowest BCUT2D eigenvalue weighted by Crippen LogP contribution is -2.64. The maximum Gasteiger partial charge on any atom is 0.306 e. The Balaban J connectivity index is 1.64. The van der Waals surface area contributed by atoms with E-state index in [-0.39, 0.29) is 19.4 Å². The van der Waals surface area contributed by atoms with Crippen molar-refractivity contribution in [3.05, 3.63) is 0 Å². The van der Waals surface area contributed by atoms with Crippen LogP contribution in [-0.4, -0.2) is 105 Å². The summed E-state index contributed by atoms with van der Waals surface area (Å²) in [6.07, 6.45) is 1.87. The predicted octanol–water partition coefficient (Wildman–Crippen LogP) is 3.01. The molecule has 2 saturated heterocycles. The van der Waals surface area contributed by atoms with Crippen LogP contribution in [0.5, 0.6) is 0 Å². The summed E-state index contributed by atoms with van der Waals surface area (Å²) in [5.41, 5.74) is 0. The minimum absolute atomic E-state index is 0.136. The molecular formula is C32H58O12. The molecule has 0 saturated carbocycles. The molecule has 0 aromatic rings. The Morgan fingerprint density at radius 1 is 0.614 bits per heavy atom. The first-order valence-electron chi connectivity index (χ1n) is 16.8. The molecule has 8 unspecified atom stereocenters. The number of ether oxygens (including phenoxy) is 5. The number of esters is 2. The SMILES string of the molecule is CCCCCCCCCCCCCCCC(=O)OCC1OC(O)[C@H](O[C@@H]2OC(C)C(OC(=O)CCC)C(O)C2O)C(O)C1O. The molecule has 44 heavy (non-hydrogen) atoms. The maximum absolute atomic E-state index is 12.2. The highest BCUT2D eigenvalue weighted by atomic mass is 16.7. The second-order valence-corrected chi connectivity index (χ2v) is 12.2. The highest BCUT2D eigenvalue weighted by Crippen LogP contribution is 2.30. The third kappa shape index (κ3) is 13.2. The number of hydrogen-bond donors (Lipinski definition) is 5. The zero-order valence-electron chi connectivity index (χ0n) is 26.9. The monoisotopic (exact) mass is 634 g/mol. The number of rotatable bonds is 21. The second kappa shape index (κ2) is 21.4. The van der Waals surface area contributed by atoms with Gasteiger partial charge in [0, 0.05) is 12.8 Å². The topological polar surface area (TPSA) is 181 Å². The van der Waals surface area contributed by atoms with E-state index in [4.69, 9.17) is 23.7 Å². The quantitative estimate of drug-likeness (QED) is 0.0921. The summed E-state index contributed by atoms with van der Waals surface area (Å²) in [6, 6.07) is 0. The van der Waals surface area contributed by atoms with Gasteiger partial charge in [0.05, 0.1) is 6.10 Å². The molecule has 258 valence electrons. The summed E-state index contributed by atoms with van der Waals surface area (Å²) in [7, 11) is 0. The van der Waals surface area contributed by atoms with E-state index in [0.29, 0.717) is 12.8 Å². The molecule has 5 N–H and O–H groups in total. The molecule has 10 atom stereocenters. The third-order valence-corrected chi connectivity index (χ3v) is 8.35. The molecule has 0 radical (unpaired) electrons. The number of carbonyl (C=O) groups excluding carboxylic acids is 2. The van der Waals surface area contributed by atoms with Crippen LogP contribution in [0.4, 0.5) is 0 Å². The van der Waals surface area contributed by atoms with Gasteiger partial charge in [-0.25, -0.2) is 0 Å². The van der Waals surface area contributed by atoms with Crippen LogP contribution in [-0.2, 0) is 33.3 Å². The molecule has 2 aliphatic rings. The van der Waals surface area contributed by atoms with E-state index in [1.165, 1.54) is 64.7 Å². The molecule has 12 nitrogen and oxygen atoms in total. The van der Waals surface area contributed by atoms with Gasteiger partial charge in [0.25, 0.3) is 0 Å². The number of aliphatic hydroxyl groups is 5. The molecule has 2 heterocycles.